The molecule has 0 saturated carbocycles. The van der Waals surface area contributed by atoms with Crippen molar-refractivity contribution < 1.29 is 9.47 Å². The molecule has 1 heterocycles. The molecule has 102 valence electrons. The number of hydrogen-bond donors (Lipinski definition) is 1. The minimum Gasteiger partial charge on any atom is -0.384 e. The van der Waals surface area contributed by atoms with Crippen molar-refractivity contribution in [1.82, 2.24) is 5.32 Å². The Balaban J connectivity index is 2.40. The minimum atomic E-state index is 0.598. The number of methoxy groups -OCH3 is 1. The molecule has 0 amide bonds. The van der Waals surface area contributed by atoms with Gasteiger partial charge in [-0.05, 0) is 44.1 Å². The van der Waals surface area contributed by atoms with Crippen LogP contribution in [-0.2, 0) is 9.47 Å². The molecule has 0 aliphatic carbocycles. The quantitative estimate of drug-likeness (QED) is 0.710. The van der Waals surface area contributed by atoms with E-state index >= 15 is 0 Å². The molecule has 1 aliphatic heterocycles. The fourth-order valence-electron chi connectivity index (χ4n) is 2.64. The molecule has 0 aromatic rings. The molecule has 3 atom stereocenters. The molecule has 1 fully saturated rings. The number of ether oxygens (including phenoxy) is 2. The molecule has 0 aromatic heterocycles. The maximum Gasteiger partial charge on any atom is 0.0509 e. The van der Waals surface area contributed by atoms with Crippen molar-refractivity contribution in [3.63, 3.8) is 0 Å². The molecule has 1 N–H and O–H groups in total. The van der Waals surface area contributed by atoms with Gasteiger partial charge < -0.3 is 14.8 Å². The first kappa shape index (κ1) is 14.9. The average molecular weight is 243 g/mol. The summed E-state index contributed by atoms with van der Waals surface area (Å²) < 4.78 is 10.9. The van der Waals surface area contributed by atoms with Gasteiger partial charge in [0.2, 0.25) is 0 Å². The van der Waals surface area contributed by atoms with E-state index in [9.17, 15) is 0 Å². The van der Waals surface area contributed by atoms with Crippen LogP contribution in [0.1, 0.15) is 39.5 Å². The van der Waals surface area contributed by atoms with Crippen LogP contribution in [0.2, 0.25) is 0 Å². The third kappa shape index (κ3) is 5.84. The highest BCUT2D eigenvalue weighted by atomic mass is 16.5. The Kier molecular flexibility index (Phi) is 7.82. The van der Waals surface area contributed by atoms with Gasteiger partial charge in [0.1, 0.15) is 0 Å². The first-order valence-corrected chi connectivity index (χ1v) is 7.08. The predicted octanol–water partition coefficient (Wildman–Crippen LogP) is 2.45. The fraction of sp³-hybridized carbons (Fsp3) is 1.00. The molecule has 17 heavy (non-hydrogen) atoms. The zero-order chi connectivity index (χ0) is 12.5. The first-order valence-electron chi connectivity index (χ1n) is 7.08. The van der Waals surface area contributed by atoms with Crippen molar-refractivity contribution in [2.75, 3.05) is 33.5 Å². The Morgan fingerprint density at radius 3 is 2.88 bits per heavy atom. The molecule has 0 radical (unpaired) electrons. The second kappa shape index (κ2) is 8.90. The van der Waals surface area contributed by atoms with Gasteiger partial charge in [0.05, 0.1) is 6.61 Å². The maximum absolute atomic E-state index is 5.61. The molecule has 0 aromatic carbocycles. The van der Waals surface area contributed by atoms with Crippen molar-refractivity contribution in [3.05, 3.63) is 0 Å². The van der Waals surface area contributed by atoms with E-state index in [0.29, 0.717) is 17.9 Å². The van der Waals surface area contributed by atoms with Gasteiger partial charge in [0, 0.05) is 26.4 Å². The third-order valence-corrected chi connectivity index (χ3v) is 3.53. The van der Waals surface area contributed by atoms with Gasteiger partial charge in [0.15, 0.2) is 0 Å². The van der Waals surface area contributed by atoms with Gasteiger partial charge in [0.25, 0.3) is 0 Å². The number of hydrogen-bond acceptors (Lipinski definition) is 3. The van der Waals surface area contributed by atoms with Crippen LogP contribution in [0.3, 0.4) is 0 Å². The van der Waals surface area contributed by atoms with Crippen molar-refractivity contribution in [1.29, 1.82) is 0 Å². The minimum absolute atomic E-state index is 0.598. The van der Waals surface area contributed by atoms with Crippen molar-refractivity contribution in [2.45, 2.75) is 45.6 Å². The SMILES string of the molecule is CCCNC(CC(C)COC)C1CCCOC1. The Bertz CT molecular complexity index is 181. The highest BCUT2D eigenvalue weighted by Crippen LogP contribution is 2.22. The van der Waals surface area contributed by atoms with Crippen LogP contribution in [0, 0.1) is 11.8 Å². The summed E-state index contributed by atoms with van der Waals surface area (Å²) >= 11 is 0. The van der Waals surface area contributed by atoms with Crippen molar-refractivity contribution in [3.8, 4) is 0 Å². The largest absolute Gasteiger partial charge is 0.384 e. The zero-order valence-electron chi connectivity index (χ0n) is 11.7. The van der Waals surface area contributed by atoms with Gasteiger partial charge in [-0.25, -0.2) is 0 Å². The van der Waals surface area contributed by atoms with E-state index in [2.05, 4.69) is 19.2 Å². The summed E-state index contributed by atoms with van der Waals surface area (Å²) in [5.74, 6) is 1.31. The summed E-state index contributed by atoms with van der Waals surface area (Å²) in [4.78, 5) is 0. The van der Waals surface area contributed by atoms with Crippen LogP contribution in [0.25, 0.3) is 0 Å². The highest BCUT2D eigenvalue weighted by molar-refractivity contribution is 4.80. The van der Waals surface area contributed by atoms with Crippen LogP contribution in [0.5, 0.6) is 0 Å². The monoisotopic (exact) mass is 243 g/mol. The summed E-state index contributed by atoms with van der Waals surface area (Å²) in [7, 11) is 1.79. The van der Waals surface area contributed by atoms with E-state index in [-0.39, 0.29) is 0 Å². The highest BCUT2D eigenvalue weighted by Gasteiger charge is 2.25. The van der Waals surface area contributed by atoms with E-state index in [1.807, 2.05) is 0 Å². The summed E-state index contributed by atoms with van der Waals surface area (Å²) in [5.41, 5.74) is 0. The Morgan fingerprint density at radius 1 is 1.47 bits per heavy atom. The maximum atomic E-state index is 5.61. The molecule has 1 saturated heterocycles. The lowest BCUT2D eigenvalue weighted by atomic mass is 9.87. The lowest BCUT2D eigenvalue weighted by Gasteiger charge is -2.32. The molecule has 1 rings (SSSR count). The molecule has 3 heteroatoms. The topological polar surface area (TPSA) is 30.5 Å². The first-order chi connectivity index (χ1) is 8.27. The van der Waals surface area contributed by atoms with Gasteiger partial charge in [-0.15, -0.1) is 0 Å². The van der Waals surface area contributed by atoms with E-state index in [1.165, 1.54) is 25.7 Å². The van der Waals surface area contributed by atoms with E-state index in [1.54, 1.807) is 7.11 Å². The van der Waals surface area contributed by atoms with Gasteiger partial charge >= 0.3 is 0 Å². The summed E-state index contributed by atoms with van der Waals surface area (Å²) in [6, 6.07) is 0.598. The van der Waals surface area contributed by atoms with E-state index in [4.69, 9.17) is 9.47 Å². The van der Waals surface area contributed by atoms with Crippen LogP contribution < -0.4 is 5.32 Å². The van der Waals surface area contributed by atoms with Gasteiger partial charge in [-0.1, -0.05) is 13.8 Å². The van der Waals surface area contributed by atoms with E-state index < -0.39 is 0 Å². The second-order valence-electron chi connectivity index (χ2n) is 5.33. The van der Waals surface area contributed by atoms with Crippen LogP contribution in [0.4, 0.5) is 0 Å². The van der Waals surface area contributed by atoms with E-state index in [0.717, 1.165) is 26.4 Å². The molecular formula is C14H29NO2. The average Bonchev–Trinajstić information content (AvgIpc) is 2.36. The summed E-state index contributed by atoms with van der Waals surface area (Å²) in [6.07, 6.45) is 4.92. The number of nitrogens with one attached hydrogen (secondary N) is 1. The number of rotatable bonds is 8. The van der Waals surface area contributed by atoms with Gasteiger partial charge in [-0.2, -0.15) is 0 Å². The fourth-order valence-corrected chi connectivity index (χ4v) is 2.64. The normalized spacial score (nSPS) is 24.5. The standard InChI is InChI=1S/C14H29NO2/c1-4-7-15-14(9-12(2)10-16-3)13-6-5-8-17-11-13/h12-15H,4-11H2,1-3H3. The second-order valence-corrected chi connectivity index (χ2v) is 5.33. The Labute approximate surface area is 106 Å². The smallest absolute Gasteiger partial charge is 0.0509 e. The molecule has 3 nitrogen and oxygen atoms in total. The van der Waals surface area contributed by atoms with Gasteiger partial charge in [-0.3, -0.25) is 0 Å². The van der Waals surface area contributed by atoms with Crippen molar-refractivity contribution >= 4 is 0 Å². The van der Waals surface area contributed by atoms with Crippen LogP contribution in [0.15, 0.2) is 0 Å². The Hall–Kier alpha value is -0.120. The summed E-state index contributed by atoms with van der Waals surface area (Å²) in [6.45, 7) is 8.35. The molecule has 3 unspecified atom stereocenters. The van der Waals surface area contributed by atoms with Crippen LogP contribution in [-0.4, -0.2) is 39.5 Å². The van der Waals surface area contributed by atoms with Crippen molar-refractivity contribution in [2.24, 2.45) is 11.8 Å². The lowest BCUT2D eigenvalue weighted by molar-refractivity contribution is 0.0326. The summed E-state index contributed by atoms with van der Waals surface area (Å²) in [5, 5.41) is 3.69. The van der Waals surface area contributed by atoms with Crippen LogP contribution >= 0.6 is 0 Å². The predicted molar refractivity (Wildman–Crippen MR) is 71.3 cm³/mol. The Morgan fingerprint density at radius 2 is 2.29 bits per heavy atom. The lowest BCUT2D eigenvalue weighted by Crippen LogP contribution is -2.42. The third-order valence-electron chi connectivity index (χ3n) is 3.53. The zero-order valence-corrected chi connectivity index (χ0v) is 11.7. The molecule has 0 bridgehead atoms. The molecule has 1 aliphatic rings. The molecular weight excluding hydrogens is 214 g/mol. The molecule has 0 spiro atoms.